The van der Waals surface area contributed by atoms with Gasteiger partial charge < -0.3 is 10.1 Å². The van der Waals surface area contributed by atoms with E-state index in [1.54, 1.807) is 7.11 Å². The van der Waals surface area contributed by atoms with Crippen LogP contribution in [0.15, 0.2) is 0 Å². The van der Waals surface area contributed by atoms with Crippen LogP contribution in [0, 0.1) is 5.92 Å². The Labute approximate surface area is 75.7 Å². The third-order valence-corrected chi connectivity index (χ3v) is 2.79. The third kappa shape index (κ3) is 3.55. The van der Waals surface area contributed by atoms with Crippen LogP contribution in [0.1, 0.15) is 32.6 Å². The molecule has 0 spiro atoms. The molecule has 2 atom stereocenters. The van der Waals surface area contributed by atoms with Crippen molar-refractivity contribution in [1.82, 2.24) is 0 Å². The Kier molecular flexibility index (Phi) is 4.62. The maximum absolute atomic E-state index is 5.01. The van der Waals surface area contributed by atoms with Crippen LogP contribution < -0.4 is 5.32 Å². The molecule has 0 aromatic rings. The summed E-state index contributed by atoms with van der Waals surface area (Å²) in [5, 5.41) is 2.50. The summed E-state index contributed by atoms with van der Waals surface area (Å²) in [6.45, 7) is 4.52. The fourth-order valence-corrected chi connectivity index (χ4v) is 2.05. The Balaban J connectivity index is 1.93. The monoisotopic (exact) mass is 172 g/mol. The van der Waals surface area contributed by atoms with Gasteiger partial charge in [-0.3, -0.25) is 0 Å². The van der Waals surface area contributed by atoms with Crippen molar-refractivity contribution in [3.8, 4) is 0 Å². The molecule has 2 N–H and O–H groups in total. The molecule has 2 nitrogen and oxygen atoms in total. The summed E-state index contributed by atoms with van der Waals surface area (Å²) >= 11 is 0. The van der Waals surface area contributed by atoms with Crippen molar-refractivity contribution in [3.05, 3.63) is 0 Å². The lowest BCUT2D eigenvalue weighted by atomic mass is 10.1. The largest absolute Gasteiger partial charge is 0.384 e. The lowest BCUT2D eigenvalue weighted by Crippen LogP contribution is -2.89. The Morgan fingerprint density at radius 1 is 1.42 bits per heavy atom. The summed E-state index contributed by atoms with van der Waals surface area (Å²) < 4.78 is 5.01. The Morgan fingerprint density at radius 2 is 2.25 bits per heavy atom. The number of rotatable bonds is 5. The summed E-state index contributed by atoms with van der Waals surface area (Å²) in [6, 6.07) is 0.914. The van der Waals surface area contributed by atoms with Gasteiger partial charge in [0.15, 0.2) is 0 Å². The van der Waals surface area contributed by atoms with Crippen LogP contribution in [0.2, 0.25) is 0 Å². The molecule has 0 aliphatic heterocycles. The first-order valence-corrected chi connectivity index (χ1v) is 5.15. The number of nitrogens with two attached hydrogens (primary N) is 1. The van der Waals surface area contributed by atoms with E-state index >= 15 is 0 Å². The van der Waals surface area contributed by atoms with Gasteiger partial charge in [-0.1, -0.05) is 6.92 Å². The van der Waals surface area contributed by atoms with E-state index in [9.17, 15) is 0 Å². The van der Waals surface area contributed by atoms with E-state index in [4.69, 9.17) is 4.74 Å². The van der Waals surface area contributed by atoms with Crippen molar-refractivity contribution in [2.75, 3.05) is 20.3 Å². The molecule has 0 bridgehead atoms. The predicted octanol–water partition coefficient (Wildman–Crippen LogP) is 0.775. The highest BCUT2D eigenvalue weighted by Crippen LogP contribution is 2.21. The van der Waals surface area contributed by atoms with Crippen LogP contribution in [0.5, 0.6) is 0 Å². The van der Waals surface area contributed by atoms with E-state index < -0.39 is 0 Å². The summed E-state index contributed by atoms with van der Waals surface area (Å²) in [5.41, 5.74) is 0. The molecule has 72 valence electrons. The van der Waals surface area contributed by atoms with E-state index in [1.165, 1.54) is 32.2 Å². The summed E-state index contributed by atoms with van der Waals surface area (Å²) in [6.07, 6.45) is 5.48. The second-order valence-electron chi connectivity index (χ2n) is 4.05. The van der Waals surface area contributed by atoms with Gasteiger partial charge in [0.1, 0.15) is 0 Å². The average molecular weight is 172 g/mol. The lowest BCUT2D eigenvalue weighted by Gasteiger charge is -2.08. The standard InChI is InChI=1S/C10H21NO/c1-9-4-5-10(8-9)11-6-3-7-12-2/h9-11H,3-8H2,1-2H3/p+1/t9-,10-/m1/s1. The first-order chi connectivity index (χ1) is 5.83. The zero-order chi connectivity index (χ0) is 8.81. The molecule has 0 heterocycles. The van der Waals surface area contributed by atoms with Gasteiger partial charge in [0.05, 0.1) is 19.2 Å². The SMILES string of the molecule is COCCC[NH2+][C@@H]1CC[C@@H](C)C1. The topological polar surface area (TPSA) is 25.8 Å². The Morgan fingerprint density at radius 3 is 2.83 bits per heavy atom. The Hall–Kier alpha value is -0.0800. The van der Waals surface area contributed by atoms with E-state index in [-0.39, 0.29) is 0 Å². The lowest BCUT2D eigenvalue weighted by molar-refractivity contribution is -0.688. The van der Waals surface area contributed by atoms with Gasteiger partial charge in [0, 0.05) is 20.0 Å². The molecule has 0 aromatic heterocycles. The van der Waals surface area contributed by atoms with Gasteiger partial charge in [0.2, 0.25) is 0 Å². The zero-order valence-electron chi connectivity index (χ0n) is 8.38. The first kappa shape index (κ1) is 10.0. The second kappa shape index (κ2) is 5.55. The molecule has 0 saturated heterocycles. The smallest absolute Gasteiger partial charge is 0.0861 e. The molecule has 1 fully saturated rings. The maximum Gasteiger partial charge on any atom is 0.0861 e. The number of methoxy groups -OCH3 is 1. The number of hydrogen-bond donors (Lipinski definition) is 1. The second-order valence-corrected chi connectivity index (χ2v) is 4.05. The van der Waals surface area contributed by atoms with Crippen molar-refractivity contribution >= 4 is 0 Å². The molecule has 2 heteroatoms. The summed E-state index contributed by atoms with van der Waals surface area (Å²) in [7, 11) is 1.78. The molecule has 12 heavy (non-hydrogen) atoms. The van der Waals surface area contributed by atoms with Crippen molar-refractivity contribution in [1.29, 1.82) is 0 Å². The molecule has 0 radical (unpaired) electrons. The van der Waals surface area contributed by atoms with Crippen LogP contribution in [0.25, 0.3) is 0 Å². The highest BCUT2D eigenvalue weighted by molar-refractivity contribution is 4.70. The molecule has 0 unspecified atom stereocenters. The normalized spacial score (nSPS) is 29.5. The highest BCUT2D eigenvalue weighted by atomic mass is 16.5. The van der Waals surface area contributed by atoms with Gasteiger partial charge in [-0.05, 0) is 18.8 Å². The predicted molar refractivity (Wildman–Crippen MR) is 50.1 cm³/mol. The highest BCUT2D eigenvalue weighted by Gasteiger charge is 2.23. The number of quaternary nitrogens is 1. The van der Waals surface area contributed by atoms with E-state index in [2.05, 4.69) is 12.2 Å². The maximum atomic E-state index is 5.01. The fourth-order valence-electron chi connectivity index (χ4n) is 2.05. The fraction of sp³-hybridized carbons (Fsp3) is 1.00. The summed E-state index contributed by atoms with van der Waals surface area (Å²) in [4.78, 5) is 0. The van der Waals surface area contributed by atoms with E-state index in [0.717, 1.165) is 18.6 Å². The molecule has 0 amide bonds. The number of hydrogen-bond acceptors (Lipinski definition) is 1. The molecular formula is C10H22NO+. The van der Waals surface area contributed by atoms with Crippen molar-refractivity contribution in [2.45, 2.75) is 38.6 Å². The minimum atomic E-state index is 0.914. The quantitative estimate of drug-likeness (QED) is 0.609. The molecule has 1 aliphatic carbocycles. The van der Waals surface area contributed by atoms with Gasteiger partial charge in [-0.2, -0.15) is 0 Å². The van der Waals surface area contributed by atoms with Gasteiger partial charge in [-0.15, -0.1) is 0 Å². The molecule has 1 aliphatic rings. The van der Waals surface area contributed by atoms with E-state index in [1.807, 2.05) is 0 Å². The third-order valence-electron chi connectivity index (χ3n) is 2.79. The van der Waals surface area contributed by atoms with Crippen molar-refractivity contribution in [3.63, 3.8) is 0 Å². The summed E-state index contributed by atoms with van der Waals surface area (Å²) in [5.74, 6) is 0.966. The van der Waals surface area contributed by atoms with Gasteiger partial charge in [0.25, 0.3) is 0 Å². The van der Waals surface area contributed by atoms with Gasteiger partial charge >= 0.3 is 0 Å². The van der Waals surface area contributed by atoms with Crippen LogP contribution >= 0.6 is 0 Å². The minimum absolute atomic E-state index is 0.914. The molecule has 1 rings (SSSR count). The minimum Gasteiger partial charge on any atom is -0.384 e. The van der Waals surface area contributed by atoms with Crippen molar-refractivity contribution in [2.24, 2.45) is 5.92 Å². The van der Waals surface area contributed by atoms with Crippen LogP contribution in [0.4, 0.5) is 0 Å². The average Bonchev–Trinajstić information content (AvgIpc) is 2.45. The first-order valence-electron chi connectivity index (χ1n) is 5.15. The van der Waals surface area contributed by atoms with Crippen LogP contribution in [0.3, 0.4) is 0 Å². The van der Waals surface area contributed by atoms with Crippen molar-refractivity contribution < 1.29 is 10.1 Å². The molecule has 0 aromatic carbocycles. The molecular weight excluding hydrogens is 150 g/mol. The van der Waals surface area contributed by atoms with Crippen LogP contribution in [-0.2, 0) is 4.74 Å². The number of ether oxygens (including phenoxy) is 1. The van der Waals surface area contributed by atoms with Gasteiger partial charge in [-0.25, -0.2) is 0 Å². The zero-order valence-corrected chi connectivity index (χ0v) is 8.38. The van der Waals surface area contributed by atoms with E-state index in [0.29, 0.717) is 0 Å². The molecule has 1 saturated carbocycles. The Bertz CT molecular complexity index is 116. The van der Waals surface area contributed by atoms with Crippen LogP contribution in [-0.4, -0.2) is 26.3 Å².